The molecule has 28 heavy (non-hydrogen) atoms. The van der Waals surface area contributed by atoms with E-state index in [2.05, 4.69) is 0 Å². The smallest absolute Gasteiger partial charge is 0.203 e. The number of rotatable bonds is 7. The predicted molar refractivity (Wildman–Crippen MR) is 116 cm³/mol. The summed E-state index contributed by atoms with van der Waals surface area (Å²) in [4.78, 5) is 0. The first-order valence-electron chi connectivity index (χ1n) is 8.64. The fourth-order valence-electron chi connectivity index (χ4n) is 3.19. The van der Waals surface area contributed by atoms with Crippen LogP contribution in [-0.4, -0.2) is 41.3 Å². The molecule has 2 N–H and O–H groups in total. The standard InChI is InChI=1S/C20H25NO5S2/c1-22-14-9-12(6-13(21)18(14)25-4)20-27-10-17(28-20)11-7-15(23-2)19(26-5)16(8-11)24-3/h6-9,17,20H,10,21H2,1-5H3/t17-,20-/m0/s1. The number of benzene rings is 2. The van der Waals surface area contributed by atoms with Crippen molar-refractivity contribution in [1.82, 2.24) is 0 Å². The van der Waals surface area contributed by atoms with Crippen molar-refractivity contribution >= 4 is 29.2 Å². The molecule has 6 nitrogen and oxygen atoms in total. The molecule has 0 aliphatic carbocycles. The molecule has 0 radical (unpaired) electrons. The molecule has 0 bridgehead atoms. The maximum atomic E-state index is 6.16. The second-order valence-corrected chi connectivity index (χ2v) is 8.84. The van der Waals surface area contributed by atoms with Crippen molar-refractivity contribution in [2.75, 3.05) is 47.0 Å². The average Bonchev–Trinajstić information content (AvgIpc) is 3.22. The van der Waals surface area contributed by atoms with Gasteiger partial charge in [0, 0.05) is 11.0 Å². The summed E-state index contributed by atoms with van der Waals surface area (Å²) in [6.45, 7) is 0. The van der Waals surface area contributed by atoms with E-state index in [1.54, 1.807) is 35.5 Å². The Bertz CT molecular complexity index is 821. The van der Waals surface area contributed by atoms with Crippen molar-refractivity contribution in [1.29, 1.82) is 0 Å². The van der Waals surface area contributed by atoms with Gasteiger partial charge >= 0.3 is 0 Å². The average molecular weight is 424 g/mol. The van der Waals surface area contributed by atoms with Crippen LogP contribution < -0.4 is 29.4 Å². The zero-order valence-corrected chi connectivity index (χ0v) is 18.2. The zero-order valence-electron chi connectivity index (χ0n) is 16.6. The highest BCUT2D eigenvalue weighted by Gasteiger charge is 2.31. The first-order chi connectivity index (χ1) is 13.6. The number of thioether (sulfide) groups is 2. The molecule has 0 unspecified atom stereocenters. The van der Waals surface area contributed by atoms with Crippen LogP contribution in [0.2, 0.25) is 0 Å². The highest BCUT2D eigenvalue weighted by atomic mass is 32.2. The van der Waals surface area contributed by atoms with Gasteiger partial charge in [-0.05, 0) is 35.4 Å². The van der Waals surface area contributed by atoms with Gasteiger partial charge in [-0.15, -0.1) is 23.5 Å². The Morgan fingerprint density at radius 3 is 1.82 bits per heavy atom. The fraction of sp³-hybridized carbons (Fsp3) is 0.400. The predicted octanol–water partition coefficient (Wildman–Crippen LogP) is 4.53. The summed E-state index contributed by atoms with van der Waals surface area (Å²) in [6.07, 6.45) is 0. The van der Waals surface area contributed by atoms with Crippen LogP contribution in [0.15, 0.2) is 24.3 Å². The Hall–Kier alpha value is -2.06. The Kier molecular flexibility index (Phi) is 6.61. The quantitative estimate of drug-likeness (QED) is 0.651. The van der Waals surface area contributed by atoms with Crippen LogP contribution in [-0.2, 0) is 0 Å². The van der Waals surface area contributed by atoms with Gasteiger partial charge < -0.3 is 29.4 Å². The second kappa shape index (κ2) is 8.96. The van der Waals surface area contributed by atoms with Crippen molar-refractivity contribution in [2.24, 2.45) is 0 Å². The summed E-state index contributed by atoms with van der Waals surface area (Å²) in [7, 11) is 8.08. The molecule has 2 aromatic rings. The third kappa shape index (κ3) is 3.89. The number of nitrogens with two attached hydrogens (primary N) is 1. The topological polar surface area (TPSA) is 72.2 Å². The minimum Gasteiger partial charge on any atom is -0.493 e. The van der Waals surface area contributed by atoms with Crippen molar-refractivity contribution in [2.45, 2.75) is 9.83 Å². The highest BCUT2D eigenvalue weighted by molar-refractivity contribution is 8.19. The normalized spacial score (nSPS) is 18.6. The second-order valence-electron chi connectivity index (χ2n) is 6.09. The first-order valence-corrected chi connectivity index (χ1v) is 10.6. The van der Waals surface area contributed by atoms with E-state index in [9.17, 15) is 0 Å². The van der Waals surface area contributed by atoms with E-state index in [1.165, 1.54) is 0 Å². The van der Waals surface area contributed by atoms with Gasteiger partial charge in [-0.25, -0.2) is 0 Å². The van der Waals surface area contributed by atoms with E-state index in [1.807, 2.05) is 47.8 Å². The summed E-state index contributed by atoms with van der Waals surface area (Å²) in [5.41, 5.74) is 8.99. The van der Waals surface area contributed by atoms with Gasteiger partial charge in [0.2, 0.25) is 5.75 Å². The number of ether oxygens (including phenoxy) is 5. The zero-order chi connectivity index (χ0) is 20.3. The van der Waals surface area contributed by atoms with E-state index >= 15 is 0 Å². The maximum absolute atomic E-state index is 6.16. The molecule has 1 aliphatic rings. The van der Waals surface area contributed by atoms with E-state index in [4.69, 9.17) is 29.4 Å². The van der Waals surface area contributed by atoms with Gasteiger partial charge in [0.1, 0.15) is 0 Å². The van der Waals surface area contributed by atoms with Crippen LogP contribution in [0.1, 0.15) is 21.0 Å². The lowest BCUT2D eigenvalue weighted by Gasteiger charge is -2.18. The van der Waals surface area contributed by atoms with Gasteiger partial charge in [-0.1, -0.05) is 0 Å². The minimum atomic E-state index is 0.242. The highest BCUT2D eigenvalue weighted by Crippen LogP contribution is 2.58. The van der Waals surface area contributed by atoms with Crippen molar-refractivity contribution in [3.05, 3.63) is 35.4 Å². The first kappa shape index (κ1) is 20.7. The summed E-state index contributed by atoms with van der Waals surface area (Å²) < 4.78 is 27.4. The van der Waals surface area contributed by atoms with Gasteiger partial charge in [-0.3, -0.25) is 0 Å². The molecule has 1 saturated heterocycles. The summed E-state index contributed by atoms with van der Waals surface area (Å²) in [6, 6.07) is 8.00. The Labute approximate surface area is 174 Å². The monoisotopic (exact) mass is 423 g/mol. The molecule has 0 amide bonds. The van der Waals surface area contributed by atoms with Crippen molar-refractivity contribution < 1.29 is 23.7 Å². The third-order valence-electron chi connectivity index (χ3n) is 4.55. The number of methoxy groups -OCH3 is 5. The van der Waals surface area contributed by atoms with Crippen molar-refractivity contribution in [3.8, 4) is 28.7 Å². The van der Waals surface area contributed by atoms with Gasteiger partial charge in [-0.2, -0.15) is 0 Å². The molecule has 3 rings (SSSR count). The van der Waals surface area contributed by atoms with Crippen LogP contribution >= 0.6 is 23.5 Å². The summed E-state index contributed by atoms with van der Waals surface area (Å²) in [5, 5.41) is 0.290. The molecule has 8 heteroatoms. The molecule has 1 aliphatic heterocycles. The molecule has 2 aromatic carbocycles. The van der Waals surface area contributed by atoms with Crippen LogP contribution in [0.25, 0.3) is 0 Å². The molecule has 1 fully saturated rings. The molecule has 0 saturated carbocycles. The van der Waals surface area contributed by atoms with Crippen LogP contribution in [0, 0.1) is 0 Å². The summed E-state index contributed by atoms with van der Waals surface area (Å²) >= 11 is 3.74. The third-order valence-corrected chi connectivity index (χ3v) is 7.89. The Morgan fingerprint density at radius 2 is 1.29 bits per heavy atom. The molecular weight excluding hydrogens is 398 g/mol. The van der Waals surface area contributed by atoms with E-state index < -0.39 is 0 Å². The fourth-order valence-corrected chi connectivity index (χ4v) is 6.45. The lowest BCUT2D eigenvalue weighted by atomic mass is 10.1. The SMILES string of the molecule is COc1cc([C@H]2SC[C@@H](c3cc(OC)c(OC)c(OC)c3)S2)cc(N)c1OC. The van der Waals surface area contributed by atoms with Crippen LogP contribution in [0.5, 0.6) is 28.7 Å². The Morgan fingerprint density at radius 1 is 0.750 bits per heavy atom. The van der Waals surface area contributed by atoms with E-state index in [0.29, 0.717) is 34.4 Å². The lowest BCUT2D eigenvalue weighted by Crippen LogP contribution is -2.00. The number of hydrogen-bond donors (Lipinski definition) is 1. The van der Waals surface area contributed by atoms with Gasteiger partial charge in [0.15, 0.2) is 23.0 Å². The molecule has 2 atom stereocenters. The number of hydrogen-bond acceptors (Lipinski definition) is 8. The number of anilines is 1. The van der Waals surface area contributed by atoms with E-state index in [-0.39, 0.29) is 9.83 Å². The van der Waals surface area contributed by atoms with Crippen LogP contribution in [0.3, 0.4) is 0 Å². The van der Waals surface area contributed by atoms with E-state index in [0.717, 1.165) is 16.9 Å². The maximum Gasteiger partial charge on any atom is 0.203 e. The van der Waals surface area contributed by atoms with Gasteiger partial charge in [0.25, 0.3) is 0 Å². The number of nitrogen functional groups attached to an aromatic ring is 1. The molecule has 0 spiro atoms. The molecule has 152 valence electrons. The molecule has 1 heterocycles. The molecular formula is C20H25NO5S2. The lowest BCUT2D eigenvalue weighted by molar-refractivity contribution is 0.324. The Balaban J connectivity index is 1.87. The molecule has 0 aromatic heterocycles. The van der Waals surface area contributed by atoms with Crippen LogP contribution in [0.4, 0.5) is 5.69 Å². The largest absolute Gasteiger partial charge is 0.493 e. The minimum absolute atomic E-state index is 0.242. The summed E-state index contributed by atoms with van der Waals surface area (Å²) in [5.74, 6) is 4.12. The van der Waals surface area contributed by atoms with Gasteiger partial charge in [0.05, 0.1) is 45.8 Å². The van der Waals surface area contributed by atoms with Crippen molar-refractivity contribution in [3.63, 3.8) is 0 Å².